The summed E-state index contributed by atoms with van der Waals surface area (Å²) in [5.74, 6) is 0.707. The molecule has 0 spiro atoms. The summed E-state index contributed by atoms with van der Waals surface area (Å²) in [4.78, 5) is 20.4. The highest BCUT2D eigenvalue weighted by Crippen LogP contribution is 2.11. The molecule has 0 aromatic rings. The quantitative estimate of drug-likeness (QED) is 0.199. The zero-order valence-electron chi connectivity index (χ0n) is 18.9. The summed E-state index contributed by atoms with van der Waals surface area (Å²) in [5, 5.41) is 6.05. The Morgan fingerprint density at radius 2 is 1.90 bits per heavy atom. The second kappa shape index (κ2) is 14.4. The number of guanidine groups is 1. The molecule has 10 nitrogen and oxygen atoms in total. The monoisotopic (exact) mass is 574 g/mol. The summed E-state index contributed by atoms with van der Waals surface area (Å²) in [6.45, 7) is 8.61. The van der Waals surface area contributed by atoms with Gasteiger partial charge in [-0.25, -0.2) is 13.1 Å². The highest BCUT2D eigenvalue weighted by molar-refractivity contribution is 14.0. The first kappa shape index (κ1) is 28.3. The van der Waals surface area contributed by atoms with E-state index in [1.807, 2.05) is 13.8 Å². The van der Waals surface area contributed by atoms with Crippen molar-refractivity contribution in [3.63, 3.8) is 0 Å². The number of carbonyl (C=O) groups is 1. The lowest BCUT2D eigenvalue weighted by molar-refractivity contribution is -0.123. The van der Waals surface area contributed by atoms with Gasteiger partial charge in [0, 0.05) is 59.0 Å². The fourth-order valence-electron chi connectivity index (χ4n) is 3.58. The fraction of sp³-hybridized carbons (Fsp3) is 0.895. The first-order valence-corrected chi connectivity index (χ1v) is 12.5. The van der Waals surface area contributed by atoms with Crippen LogP contribution in [-0.2, 0) is 19.6 Å². The van der Waals surface area contributed by atoms with Gasteiger partial charge in [0.05, 0.1) is 18.4 Å². The third kappa shape index (κ3) is 11.1. The molecule has 0 bridgehead atoms. The summed E-state index contributed by atoms with van der Waals surface area (Å²) in [5.41, 5.74) is 0. The Balaban J connectivity index is 0.00000480. The number of piperazine rings is 1. The van der Waals surface area contributed by atoms with Gasteiger partial charge >= 0.3 is 0 Å². The standard InChI is InChI=1S/C19H38N6O4S.HI/c1-16(2)23-18(26)15-24-8-10-25(11-9-24)19(20-3)21-7-13-30(27,28)22-14-17-6-4-5-12-29-17;/h16-17,22H,4-15H2,1-3H3,(H,20,21)(H,23,26);1H. The van der Waals surface area contributed by atoms with Gasteiger partial charge in [0.1, 0.15) is 0 Å². The molecule has 2 saturated heterocycles. The number of aliphatic imine (C=N–C) groups is 1. The fourth-order valence-corrected chi connectivity index (χ4v) is 4.53. The Bertz CT molecular complexity index is 662. The molecular weight excluding hydrogens is 535 g/mol. The highest BCUT2D eigenvalue weighted by atomic mass is 127. The van der Waals surface area contributed by atoms with Crippen molar-refractivity contribution in [3.05, 3.63) is 0 Å². The van der Waals surface area contributed by atoms with E-state index in [1.54, 1.807) is 7.05 Å². The van der Waals surface area contributed by atoms with Crippen molar-refractivity contribution < 1.29 is 17.9 Å². The molecule has 2 fully saturated rings. The van der Waals surface area contributed by atoms with Crippen LogP contribution in [0.25, 0.3) is 0 Å². The lowest BCUT2D eigenvalue weighted by atomic mass is 10.1. The Morgan fingerprint density at radius 1 is 1.19 bits per heavy atom. The molecule has 1 atom stereocenters. The lowest BCUT2D eigenvalue weighted by Gasteiger charge is -2.36. The maximum atomic E-state index is 12.2. The van der Waals surface area contributed by atoms with E-state index in [1.165, 1.54) is 0 Å². The summed E-state index contributed by atoms with van der Waals surface area (Å²) >= 11 is 0. The van der Waals surface area contributed by atoms with E-state index < -0.39 is 10.0 Å². The number of rotatable bonds is 9. The molecule has 2 rings (SSSR count). The van der Waals surface area contributed by atoms with Crippen LogP contribution in [0.15, 0.2) is 4.99 Å². The van der Waals surface area contributed by atoms with Crippen molar-refractivity contribution in [3.8, 4) is 0 Å². The number of halogens is 1. The molecule has 0 aliphatic carbocycles. The molecule has 12 heteroatoms. The van der Waals surface area contributed by atoms with Gasteiger partial charge in [0.25, 0.3) is 0 Å². The van der Waals surface area contributed by atoms with Crippen LogP contribution in [-0.4, -0.2) is 107 Å². The molecule has 0 saturated carbocycles. The number of nitrogens with zero attached hydrogens (tertiary/aromatic N) is 3. The highest BCUT2D eigenvalue weighted by Gasteiger charge is 2.22. The van der Waals surface area contributed by atoms with Gasteiger partial charge in [-0.15, -0.1) is 24.0 Å². The van der Waals surface area contributed by atoms with Gasteiger partial charge in [-0.1, -0.05) is 0 Å². The van der Waals surface area contributed by atoms with Crippen molar-refractivity contribution in [2.75, 3.05) is 65.2 Å². The number of sulfonamides is 1. The van der Waals surface area contributed by atoms with Crippen LogP contribution in [0.3, 0.4) is 0 Å². The maximum Gasteiger partial charge on any atom is 0.234 e. The Kier molecular flexibility index (Phi) is 13.2. The largest absolute Gasteiger partial charge is 0.377 e. The second-order valence-electron chi connectivity index (χ2n) is 8.12. The normalized spacial score (nSPS) is 21.0. The molecule has 2 aliphatic heterocycles. The van der Waals surface area contributed by atoms with Crippen molar-refractivity contribution in [1.29, 1.82) is 0 Å². The first-order valence-electron chi connectivity index (χ1n) is 10.9. The van der Waals surface area contributed by atoms with Crippen LogP contribution in [0.2, 0.25) is 0 Å². The van der Waals surface area contributed by atoms with Gasteiger partial charge in [-0.2, -0.15) is 0 Å². The average Bonchev–Trinajstić information content (AvgIpc) is 2.71. The Labute approximate surface area is 204 Å². The zero-order chi connectivity index (χ0) is 22.0. The maximum absolute atomic E-state index is 12.2. The molecule has 182 valence electrons. The molecule has 0 aromatic heterocycles. The van der Waals surface area contributed by atoms with Gasteiger partial charge in [-0.05, 0) is 33.1 Å². The molecule has 31 heavy (non-hydrogen) atoms. The topological polar surface area (TPSA) is 115 Å². The predicted molar refractivity (Wildman–Crippen MR) is 133 cm³/mol. The van der Waals surface area contributed by atoms with Gasteiger partial charge in [0.2, 0.25) is 15.9 Å². The Hall–Kier alpha value is -0.700. The van der Waals surface area contributed by atoms with Crippen LogP contribution in [0.1, 0.15) is 33.1 Å². The van der Waals surface area contributed by atoms with E-state index in [-0.39, 0.29) is 54.3 Å². The van der Waals surface area contributed by atoms with Crippen LogP contribution in [0.4, 0.5) is 0 Å². The van der Waals surface area contributed by atoms with E-state index in [2.05, 4.69) is 30.1 Å². The smallest absolute Gasteiger partial charge is 0.234 e. The van der Waals surface area contributed by atoms with Crippen LogP contribution >= 0.6 is 24.0 Å². The third-order valence-electron chi connectivity index (χ3n) is 5.16. The van der Waals surface area contributed by atoms with Gasteiger partial charge in [0.15, 0.2) is 5.96 Å². The number of nitrogens with one attached hydrogen (secondary N) is 3. The van der Waals surface area contributed by atoms with E-state index in [9.17, 15) is 13.2 Å². The van der Waals surface area contributed by atoms with Crippen LogP contribution < -0.4 is 15.4 Å². The van der Waals surface area contributed by atoms with E-state index in [0.717, 1.165) is 45.4 Å². The van der Waals surface area contributed by atoms with E-state index >= 15 is 0 Å². The number of carbonyl (C=O) groups excluding carboxylic acids is 1. The van der Waals surface area contributed by atoms with Crippen molar-refractivity contribution in [2.45, 2.75) is 45.3 Å². The molecule has 0 radical (unpaired) electrons. The number of hydrogen-bond acceptors (Lipinski definition) is 6. The minimum atomic E-state index is -3.37. The van der Waals surface area contributed by atoms with Gasteiger partial charge < -0.3 is 20.3 Å². The molecule has 1 amide bonds. The molecule has 0 aromatic carbocycles. The average molecular weight is 575 g/mol. The van der Waals surface area contributed by atoms with Crippen molar-refractivity contribution in [1.82, 2.24) is 25.2 Å². The lowest BCUT2D eigenvalue weighted by Crippen LogP contribution is -2.54. The SMILES string of the molecule is CN=C(NCCS(=O)(=O)NCC1CCCCO1)N1CCN(CC(=O)NC(C)C)CC1.I. The number of ether oxygens (including phenoxy) is 1. The van der Waals surface area contributed by atoms with Crippen LogP contribution in [0.5, 0.6) is 0 Å². The minimum Gasteiger partial charge on any atom is -0.377 e. The molecule has 1 unspecified atom stereocenters. The molecule has 3 N–H and O–H groups in total. The molecule has 2 aliphatic rings. The summed E-state index contributed by atoms with van der Waals surface area (Å²) < 4.78 is 32.7. The minimum absolute atomic E-state index is 0. The summed E-state index contributed by atoms with van der Waals surface area (Å²) in [7, 11) is -1.67. The second-order valence-corrected chi connectivity index (χ2v) is 10.0. The zero-order valence-corrected chi connectivity index (χ0v) is 22.1. The summed E-state index contributed by atoms with van der Waals surface area (Å²) in [6, 6.07) is 0.141. The Morgan fingerprint density at radius 3 is 2.48 bits per heavy atom. The van der Waals surface area contributed by atoms with Crippen molar-refractivity contribution >= 4 is 45.9 Å². The van der Waals surface area contributed by atoms with E-state index in [4.69, 9.17) is 4.74 Å². The summed E-state index contributed by atoms with van der Waals surface area (Å²) in [6.07, 6.45) is 3.01. The van der Waals surface area contributed by atoms with Crippen LogP contribution in [0, 0.1) is 0 Å². The molecule has 2 heterocycles. The van der Waals surface area contributed by atoms with Crippen molar-refractivity contribution in [2.24, 2.45) is 4.99 Å². The third-order valence-corrected chi connectivity index (χ3v) is 6.51. The number of amides is 1. The molecular formula is C19H39IN6O4S. The number of hydrogen-bond donors (Lipinski definition) is 3. The van der Waals surface area contributed by atoms with E-state index in [0.29, 0.717) is 25.7 Å². The van der Waals surface area contributed by atoms with Gasteiger partial charge in [-0.3, -0.25) is 14.7 Å². The predicted octanol–water partition coefficient (Wildman–Crippen LogP) is -0.189. The first-order chi connectivity index (χ1) is 14.3.